The van der Waals surface area contributed by atoms with Crippen LogP contribution in [0.1, 0.15) is 50.4 Å². The maximum absolute atomic E-state index is 12.8. The SMILES string of the molecule is CCOC(=O)C1=C(C(C)C)N2C(=N[C@@](C)(c3ccc(Cl)nc3)[C@H]2c2ccc(Cl)cc2C)S1. The number of allylic oxidation sites excluding steroid dienone is 1. The van der Waals surface area contributed by atoms with Gasteiger partial charge in [0.25, 0.3) is 0 Å². The third-order valence-electron chi connectivity index (χ3n) is 5.86. The summed E-state index contributed by atoms with van der Waals surface area (Å²) in [7, 11) is 0. The van der Waals surface area contributed by atoms with Crippen LogP contribution in [0.5, 0.6) is 0 Å². The average molecular weight is 490 g/mol. The van der Waals surface area contributed by atoms with Crippen molar-refractivity contribution in [2.75, 3.05) is 6.61 Å². The second-order valence-corrected chi connectivity index (χ2v) is 10.2. The number of rotatable bonds is 5. The summed E-state index contributed by atoms with van der Waals surface area (Å²) in [5.74, 6) is -0.213. The van der Waals surface area contributed by atoms with Crippen LogP contribution in [0, 0.1) is 12.8 Å². The van der Waals surface area contributed by atoms with E-state index in [0.29, 0.717) is 21.7 Å². The van der Waals surface area contributed by atoms with E-state index in [0.717, 1.165) is 27.6 Å². The van der Waals surface area contributed by atoms with Gasteiger partial charge in [-0.1, -0.05) is 49.2 Å². The number of ether oxygens (including phenoxy) is 1. The number of carbonyl (C=O) groups is 1. The van der Waals surface area contributed by atoms with Gasteiger partial charge < -0.3 is 9.64 Å². The third kappa shape index (κ3) is 3.82. The summed E-state index contributed by atoms with van der Waals surface area (Å²) in [5.41, 5.74) is 3.39. The van der Waals surface area contributed by atoms with Gasteiger partial charge >= 0.3 is 5.97 Å². The van der Waals surface area contributed by atoms with E-state index in [1.54, 1.807) is 12.3 Å². The molecule has 5 nitrogen and oxygen atoms in total. The maximum Gasteiger partial charge on any atom is 0.346 e. The van der Waals surface area contributed by atoms with Crippen LogP contribution in [0.25, 0.3) is 0 Å². The summed E-state index contributed by atoms with van der Waals surface area (Å²) in [6, 6.07) is 9.48. The fraction of sp³-hybridized carbons (Fsp3) is 0.375. The smallest absolute Gasteiger partial charge is 0.346 e. The molecule has 2 aliphatic heterocycles. The standard InChI is InChI=1S/C24H25Cl2N3O2S/c1-6-31-22(30)20-19(13(2)3)29-21(17-9-8-16(25)11-14(17)4)24(5,28-23(29)32-20)15-7-10-18(26)27-12-15/h7-13,21H,6H2,1-5H3/t21-,24+/m1/s1. The number of aromatic nitrogens is 1. The molecule has 0 aliphatic carbocycles. The number of halogens is 2. The first-order valence-corrected chi connectivity index (χ1v) is 12.1. The van der Waals surface area contributed by atoms with E-state index in [2.05, 4.69) is 30.7 Å². The lowest BCUT2D eigenvalue weighted by molar-refractivity contribution is -0.137. The van der Waals surface area contributed by atoms with E-state index in [1.807, 2.05) is 38.1 Å². The largest absolute Gasteiger partial charge is 0.462 e. The van der Waals surface area contributed by atoms with Crippen molar-refractivity contribution < 1.29 is 9.53 Å². The van der Waals surface area contributed by atoms with E-state index in [1.165, 1.54) is 11.8 Å². The molecule has 8 heteroatoms. The van der Waals surface area contributed by atoms with Crippen LogP contribution in [0.15, 0.2) is 52.1 Å². The average Bonchev–Trinajstić information content (AvgIpc) is 3.22. The number of nitrogens with zero attached hydrogens (tertiary/aromatic N) is 3. The molecule has 0 saturated carbocycles. The number of esters is 1. The maximum atomic E-state index is 12.8. The molecule has 2 atom stereocenters. The van der Waals surface area contributed by atoms with Crippen molar-refractivity contribution in [1.82, 2.24) is 9.88 Å². The van der Waals surface area contributed by atoms with Crippen molar-refractivity contribution >= 4 is 46.1 Å². The second-order valence-electron chi connectivity index (χ2n) is 8.38. The summed E-state index contributed by atoms with van der Waals surface area (Å²) in [6.45, 7) is 10.5. The summed E-state index contributed by atoms with van der Waals surface area (Å²) in [5, 5.41) is 1.90. The molecule has 0 saturated heterocycles. The van der Waals surface area contributed by atoms with Gasteiger partial charge in [0.15, 0.2) is 5.17 Å². The van der Waals surface area contributed by atoms with Gasteiger partial charge in [0.1, 0.15) is 15.6 Å². The lowest BCUT2D eigenvalue weighted by Gasteiger charge is -2.37. The Kier molecular flexibility index (Phi) is 6.31. The van der Waals surface area contributed by atoms with Gasteiger partial charge in [-0.25, -0.2) is 14.8 Å². The summed E-state index contributed by atoms with van der Waals surface area (Å²) < 4.78 is 5.36. The molecule has 0 radical (unpaired) electrons. The molecule has 3 heterocycles. The van der Waals surface area contributed by atoms with Crippen LogP contribution in [-0.2, 0) is 15.1 Å². The number of fused-ring (bicyclic) bond motifs is 1. The van der Waals surface area contributed by atoms with Crippen LogP contribution in [0.2, 0.25) is 10.2 Å². The van der Waals surface area contributed by atoms with Crippen LogP contribution in [0.4, 0.5) is 0 Å². The number of amidine groups is 1. The first kappa shape index (κ1) is 23.1. The van der Waals surface area contributed by atoms with Gasteiger partial charge in [-0.3, -0.25) is 0 Å². The number of hydrogen-bond donors (Lipinski definition) is 0. The van der Waals surface area contributed by atoms with Gasteiger partial charge in [0.05, 0.1) is 12.6 Å². The molecule has 4 rings (SSSR count). The van der Waals surface area contributed by atoms with Gasteiger partial charge in [-0.15, -0.1) is 0 Å². The highest BCUT2D eigenvalue weighted by atomic mass is 35.5. The minimum absolute atomic E-state index is 0.0930. The minimum atomic E-state index is -0.640. The number of benzene rings is 1. The Balaban J connectivity index is 1.93. The van der Waals surface area contributed by atoms with Crippen LogP contribution >= 0.6 is 35.0 Å². The summed E-state index contributed by atoms with van der Waals surface area (Å²) >= 11 is 13.7. The van der Waals surface area contributed by atoms with Gasteiger partial charge in [0, 0.05) is 22.5 Å². The first-order chi connectivity index (χ1) is 15.2. The molecular weight excluding hydrogens is 465 g/mol. The van der Waals surface area contributed by atoms with Gasteiger partial charge in [0.2, 0.25) is 0 Å². The molecule has 0 N–H and O–H groups in total. The van der Waals surface area contributed by atoms with Crippen molar-refractivity contribution in [1.29, 1.82) is 0 Å². The van der Waals surface area contributed by atoms with E-state index in [-0.39, 0.29) is 17.9 Å². The van der Waals surface area contributed by atoms with E-state index in [4.69, 9.17) is 32.9 Å². The Morgan fingerprint density at radius 3 is 2.62 bits per heavy atom. The molecule has 0 spiro atoms. The Hall–Kier alpha value is -2.02. The topological polar surface area (TPSA) is 54.8 Å². The van der Waals surface area contributed by atoms with Gasteiger partial charge in [-0.2, -0.15) is 0 Å². The fourth-order valence-corrected chi connectivity index (χ4v) is 6.05. The quantitative estimate of drug-likeness (QED) is 0.354. The highest BCUT2D eigenvalue weighted by molar-refractivity contribution is 8.18. The van der Waals surface area contributed by atoms with Gasteiger partial charge in [-0.05, 0) is 67.8 Å². The lowest BCUT2D eigenvalue weighted by Crippen LogP contribution is -2.36. The zero-order valence-electron chi connectivity index (χ0n) is 18.6. The molecule has 32 heavy (non-hydrogen) atoms. The summed E-state index contributed by atoms with van der Waals surface area (Å²) in [4.78, 5) is 25.1. The summed E-state index contributed by atoms with van der Waals surface area (Å²) in [6.07, 6.45) is 1.78. The zero-order valence-corrected chi connectivity index (χ0v) is 21.0. The van der Waals surface area contributed by atoms with Crippen LogP contribution < -0.4 is 0 Å². The van der Waals surface area contributed by atoms with Crippen molar-refractivity contribution in [2.45, 2.75) is 46.2 Å². The van der Waals surface area contributed by atoms with E-state index in [9.17, 15) is 4.79 Å². The number of thioether (sulfide) groups is 1. The Labute approximate surface area is 202 Å². The molecule has 1 aromatic heterocycles. The molecule has 2 aliphatic rings. The van der Waals surface area contributed by atoms with Crippen molar-refractivity contribution in [3.05, 3.63) is 74.0 Å². The second kappa shape index (κ2) is 8.73. The number of aryl methyl sites for hydroxylation is 1. The van der Waals surface area contributed by atoms with Crippen molar-refractivity contribution in [3.8, 4) is 0 Å². The Bertz CT molecular complexity index is 1130. The normalized spacial score (nSPS) is 22.4. The molecule has 0 unspecified atom stereocenters. The number of carbonyl (C=O) groups excluding carboxylic acids is 1. The third-order valence-corrected chi connectivity index (χ3v) is 7.37. The van der Waals surface area contributed by atoms with Crippen LogP contribution in [-0.4, -0.2) is 27.6 Å². The zero-order chi connectivity index (χ0) is 23.2. The molecule has 2 aromatic rings. The molecule has 1 aromatic carbocycles. The highest BCUT2D eigenvalue weighted by Gasteiger charge is 2.53. The fourth-order valence-electron chi connectivity index (χ4n) is 4.41. The monoisotopic (exact) mass is 489 g/mol. The Morgan fingerprint density at radius 1 is 1.28 bits per heavy atom. The Morgan fingerprint density at radius 2 is 2.03 bits per heavy atom. The highest BCUT2D eigenvalue weighted by Crippen LogP contribution is 2.56. The number of aliphatic imine (C=N–C) groups is 1. The molecule has 168 valence electrons. The van der Waals surface area contributed by atoms with Crippen LogP contribution in [0.3, 0.4) is 0 Å². The molecule has 0 bridgehead atoms. The minimum Gasteiger partial charge on any atom is -0.462 e. The predicted molar refractivity (Wildman–Crippen MR) is 131 cm³/mol. The molecular formula is C24H25Cl2N3O2S. The number of hydrogen-bond acceptors (Lipinski definition) is 6. The molecule has 0 fully saturated rings. The van der Waals surface area contributed by atoms with E-state index < -0.39 is 5.54 Å². The predicted octanol–water partition coefficient (Wildman–Crippen LogP) is 6.50. The van der Waals surface area contributed by atoms with Crippen molar-refractivity contribution in [3.63, 3.8) is 0 Å². The first-order valence-electron chi connectivity index (χ1n) is 10.5. The molecule has 0 amide bonds. The lowest BCUT2D eigenvalue weighted by atomic mass is 9.80. The van der Waals surface area contributed by atoms with Crippen molar-refractivity contribution in [2.24, 2.45) is 10.9 Å². The number of pyridine rings is 1. The van der Waals surface area contributed by atoms with E-state index >= 15 is 0 Å².